The molecule has 0 fully saturated rings. The predicted octanol–water partition coefficient (Wildman–Crippen LogP) is 9.70. The fraction of sp³-hybridized carbons (Fsp3) is 0.250. The molecule has 0 atom stereocenters. The maximum absolute atomic E-state index is 9.20. The SMILES string of the molecule is [C-]#[N+]C(C#N)=Nc1cc(OC)c(C2=Cc3sc4c(c3C2(C)C)C(C)(C)c2cc(-c3sc(N=C(C#N)[N+]#[C-])cc3OC)sc2-4)s1. The van der Waals surface area contributed by atoms with Gasteiger partial charge in [-0.1, -0.05) is 73.5 Å². The van der Waals surface area contributed by atoms with Gasteiger partial charge in [0, 0.05) is 42.5 Å². The zero-order chi connectivity index (χ0) is 31.6. The summed E-state index contributed by atoms with van der Waals surface area (Å²) in [7, 11) is 3.24. The van der Waals surface area contributed by atoms with E-state index in [4.69, 9.17) is 27.9 Å². The number of amidine groups is 2. The van der Waals surface area contributed by atoms with Crippen LogP contribution in [0.25, 0.3) is 40.8 Å². The van der Waals surface area contributed by atoms with E-state index < -0.39 is 0 Å². The Bertz CT molecular complexity index is 2120. The van der Waals surface area contributed by atoms with Crippen LogP contribution >= 0.6 is 45.3 Å². The van der Waals surface area contributed by atoms with Crippen LogP contribution in [0.5, 0.6) is 11.5 Å². The van der Waals surface area contributed by atoms with E-state index in [1.807, 2.05) is 12.1 Å². The molecule has 2 aliphatic rings. The monoisotopic (exact) mass is 650 g/mol. The van der Waals surface area contributed by atoms with E-state index in [9.17, 15) is 5.26 Å². The molecule has 0 spiro atoms. The summed E-state index contributed by atoms with van der Waals surface area (Å²) in [5.41, 5.74) is 4.48. The third kappa shape index (κ3) is 4.31. The van der Waals surface area contributed by atoms with E-state index in [0.29, 0.717) is 21.5 Å². The second kappa shape index (κ2) is 10.6. The number of allylic oxidation sites excluding steroid dienone is 1. The molecular weight excluding hydrogens is 629 g/mol. The Morgan fingerprint density at radius 1 is 0.750 bits per heavy atom. The Morgan fingerprint density at radius 2 is 1.32 bits per heavy atom. The van der Waals surface area contributed by atoms with Crippen molar-refractivity contribution in [3.8, 4) is 43.1 Å². The van der Waals surface area contributed by atoms with Gasteiger partial charge in [-0.05, 0) is 34.4 Å². The summed E-state index contributed by atoms with van der Waals surface area (Å²) < 4.78 is 11.4. The molecule has 0 saturated carbocycles. The standard InChI is InChI=1S/C32H22N6O2S4/c1-31(2)15(27-17(39-7)11-23(43-27)37-21(13-33)35-5)9-19-25(31)26-30(41-19)28-16(32(26,3)4)10-20(42-28)29-18(40-8)12-24(44-29)38-22(14-34)36-6/h9-12H,1-4,7-8H3. The van der Waals surface area contributed by atoms with E-state index in [0.717, 1.165) is 20.2 Å². The number of methoxy groups -OCH3 is 2. The van der Waals surface area contributed by atoms with Crippen LogP contribution in [0.15, 0.2) is 28.2 Å². The van der Waals surface area contributed by atoms with Gasteiger partial charge in [0.15, 0.2) is 0 Å². The van der Waals surface area contributed by atoms with Crippen molar-refractivity contribution in [1.82, 2.24) is 0 Å². The minimum Gasteiger partial charge on any atom is -0.495 e. The van der Waals surface area contributed by atoms with Gasteiger partial charge in [0.2, 0.25) is 10.0 Å². The van der Waals surface area contributed by atoms with Gasteiger partial charge < -0.3 is 19.2 Å². The third-order valence-electron chi connectivity index (χ3n) is 7.87. The Hall–Kier alpha value is -4.56. The lowest BCUT2D eigenvalue weighted by atomic mass is 9.73. The van der Waals surface area contributed by atoms with Crippen molar-refractivity contribution in [2.45, 2.75) is 38.5 Å². The number of fused-ring (bicyclic) bond motifs is 5. The molecule has 4 aromatic heterocycles. The Morgan fingerprint density at radius 3 is 1.86 bits per heavy atom. The van der Waals surface area contributed by atoms with Crippen molar-refractivity contribution in [1.29, 1.82) is 10.5 Å². The minimum atomic E-state index is -0.324. The Balaban J connectivity index is 1.44. The van der Waals surface area contributed by atoms with E-state index in [1.54, 1.807) is 49.0 Å². The number of rotatable bonds is 6. The van der Waals surface area contributed by atoms with Gasteiger partial charge >= 0.3 is 11.7 Å². The van der Waals surface area contributed by atoms with Crippen LogP contribution in [0.1, 0.15) is 54.1 Å². The molecule has 6 rings (SSSR count). The molecule has 0 amide bonds. The fourth-order valence-electron chi connectivity index (χ4n) is 5.85. The number of thiophene rings is 4. The average Bonchev–Trinajstić information content (AvgIpc) is 3.83. The zero-order valence-corrected chi connectivity index (χ0v) is 27.7. The highest BCUT2D eigenvalue weighted by Gasteiger charge is 2.49. The van der Waals surface area contributed by atoms with Crippen LogP contribution in [0.2, 0.25) is 0 Å². The first-order chi connectivity index (χ1) is 21.0. The number of nitriles is 2. The molecule has 0 saturated heterocycles. The Kier molecular flexibility index (Phi) is 7.08. The van der Waals surface area contributed by atoms with Gasteiger partial charge in [-0.15, -0.1) is 22.7 Å². The molecule has 44 heavy (non-hydrogen) atoms. The van der Waals surface area contributed by atoms with Crippen molar-refractivity contribution < 1.29 is 9.47 Å². The van der Waals surface area contributed by atoms with E-state index in [2.05, 4.69) is 59.5 Å². The molecule has 8 nitrogen and oxygen atoms in total. The van der Waals surface area contributed by atoms with Crippen LogP contribution in [0, 0.1) is 35.8 Å². The first-order valence-electron chi connectivity index (χ1n) is 13.2. The summed E-state index contributed by atoms with van der Waals surface area (Å²) in [4.78, 5) is 21.5. The topological polar surface area (TPSA) is 99.5 Å². The first kappa shape index (κ1) is 29.5. The first-order valence-corrected chi connectivity index (χ1v) is 16.4. The lowest BCUT2D eigenvalue weighted by Crippen LogP contribution is -2.23. The summed E-state index contributed by atoms with van der Waals surface area (Å²) in [6.45, 7) is 23.4. The smallest absolute Gasteiger partial charge is 0.350 e. The van der Waals surface area contributed by atoms with E-state index >= 15 is 0 Å². The maximum atomic E-state index is 9.20. The summed E-state index contributed by atoms with van der Waals surface area (Å²) in [6, 6.07) is 9.47. The number of hydrogen-bond donors (Lipinski definition) is 0. The Labute approximate surface area is 270 Å². The fourth-order valence-corrected chi connectivity index (χ4v) is 11.2. The molecule has 0 radical (unpaired) electrons. The van der Waals surface area contributed by atoms with Gasteiger partial charge in [0.1, 0.15) is 23.6 Å². The highest BCUT2D eigenvalue weighted by atomic mass is 32.1. The summed E-state index contributed by atoms with van der Waals surface area (Å²) in [6.07, 6.45) is 2.25. The molecule has 0 aromatic carbocycles. The molecule has 0 unspecified atom stereocenters. The minimum absolute atomic E-state index is 0.205. The summed E-state index contributed by atoms with van der Waals surface area (Å²) in [5, 5.41) is 19.5. The molecule has 216 valence electrons. The number of hydrogen-bond acceptors (Lipinski definition) is 10. The van der Waals surface area contributed by atoms with Gasteiger partial charge in [-0.3, -0.25) is 0 Å². The highest BCUT2D eigenvalue weighted by Crippen LogP contribution is 2.65. The molecule has 0 bridgehead atoms. The number of ether oxygens (including phenoxy) is 2. The molecule has 0 N–H and O–H groups in total. The summed E-state index contributed by atoms with van der Waals surface area (Å²) in [5.74, 6) is 0.937. The van der Waals surface area contributed by atoms with Gasteiger partial charge in [0.25, 0.3) is 0 Å². The van der Waals surface area contributed by atoms with Gasteiger partial charge in [-0.2, -0.15) is 0 Å². The molecule has 4 heterocycles. The molecule has 4 aromatic rings. The number of nitrogens with zero attached hydrogens (tertiary/aromatic N) is 6. The normalized spacial score (nSPS) is 15.7. The molecule has 12 heteroatoms. The second-order valence-corrected chi connectivity index (χ2v) is 15.2. The van der Waals surface area contributed by atoms with Gasteiger partial charge in [-0.25, -0.2) is 10.5 Å². The van der Waals surface area contributed by atoms with E-state index in [1.165, 1.54) is 54.0 Å². The third-order valence-corrected chi connectivity index (χ3v) is 12.5. The highest BCUT2D eigenvalue weighted by molar-refractivity contribution is 7.28. The second-order valence-electron chi connectivity index (χ2n) is 11.0. The van der Waals surface area contributed by atoms with Gasteiger partial charge in [0.05, 0.1) is 24.0 Å². The number of aliphatic imine (C=N–C) groups is 2. The zero-order valence-electron chi connectivity index (χ0n) is 24.4. The lowest BCUT2D eigenvalue weighted by molar-refractivity contribution is 0.415. The molecule has 0 aliphatic heterocycles. The van der Waals surface area contributed by atoms with Crippen LogP contribution < -0.4 is 9.47 Å². The van der Waals surface area contributed by atoms with Crippen LogP contribution in [0.4, 0.5) is 10.0 Å². The molecule has 2 aliphatic carbocycles. The van der Waals surface area contributed by atoms with Crippen molar-refractivity contribution in [2.24, 2.45) is 9.98 Å². The van der Waals surface area contributed by atoms with E-state index in [-0.39, 0.29) is 22.5 Å². The van der Waals surface area contributed by atoms with Crippen molar-refractivity contribution in [3.63, 3.8) is 0 Å². The van der Waals surface area contributed by atoms with Crippen LogP contribution in [-0.4, -0.2) is 25.9 Å². The lowest BCUT2D eigenvalue weighted by Gasteiger charge is -2.30. The quantitative estimate of drug-likeness (QED) is 0.118. The van der Waals surface area contributed by atoms with Crippen molar-refractivity contribution in [2.75, 3.05) is 14.2 Å². The summed E-state index contributed by atoms with van der Waals surface area (Å²) >= 11 is 6.37. The maximum Gasteiger partial charge on any atom is 0.350 e. The average molecular weight is 651 g/mol. The van der Waals surface area contributed by atoms with Crippen LogP contribution in [0.3, 0.4) is 0 Å². The predicted molar refractivity (Wildman–Crippen MR) is 180 cm³/mol. The van der Waals surface area contributed by atoms with Crippen LogP contribution in [-0.2, 0) is 10.8 Å². The molecular formula is C32H22N6O2S4. The largest absolute Gasteiger partial charge is 0.495 e. The van der Waals surface area contributed by atoms with Crippen molar-refractivity contribution in [3.05, 3.63) is 67.5 Å². The van der Waals surface area contributed by atoms with Crippen molar-refractivity contribution >= 4 is 78.7 Å².